The molecular formula is C24H28BrCl4MgNO. The first-order valence-electron chi connectivity index (χ1n) is 9.64. The fourth-order valence-electron chi connectivity index (χ4n) is 1.80. The van der Waals surface area contributed by atoms with Crippen LogP contribution in [-0.4, -0.2) is 28.8 Å². The van der Waals surface area contributed by atoms with Crippen LogP contribution < -0.4 is 17.0 Å². The molecule has 2 aromatic carbocycles. The van der Waals surface area contributed by atoms with Crippen LogP contribution in [0.25, 0.3) is 0 Å². The predicted octanol–water partition coefficient (Wildman–Crippen LogP) is 5.97. The van der Waals surface area contributed by atoms with Crippen molar-refractivity contribution in [2.45, 2.75) is 47.0 Å². The molecule has 0 unspecified atom stereocenters. The Labute approximate surface area is 239 Å². The second-order valence-corrected chi connectivity index (χ2v) is 9.04. The van der Waals surface area contributed by atoms with Gasteiger partial charge >= 0.3 is 23.1 Å². The molecule has 172 valence electrons. The molecule has 0 N–H and O–H groups in total. The molecule has 0 heterocycles. The predicted molar refractivity (Wildman–Crippen MR) is 137 cm³/mol. The second-order valence-electron chi connectivity index (χ2n) is 7.41. The smallest absolute Gasteiger partial charge is 1.00 e. The first-order valence-corrected chi connectivity index (χ1v) is 11.2. The summed E-state index contributed by atoms with van der Waals surface area (Å²) in [5, 5.41) is 10.2. The Balaban J connectivity index is -0.000000431. The van der Waals surface area contributed by atoms with Gasteiger partial charge in [-0.3, -0.25) is 4.79 Å². The standard InChI is InChI=1S/C12H14Cl2O.C7H3Cl2N.C5H11.BrH.Mg/c1-8(2)3-6-12(15)9-4-5-10(13)11(14)7-9;8-6-2-1-5(4-10)3-7(6)9;1-4-5(2)3;;/h4-5,7-8H,3,6H2,1-2H3;1-3H;5H,1,4H2,2-3H3;1H;/q;;-1;;+2/p-1. The summed E-state index contributed by atoms with van der Waals surface area (Å²) in [5.41, 5.74) is 1.17. The maximum absolute atomic E-state index is 11.7. The SMILES string of the molecule is CC(C)CCC(=O)c1ccc(Cl)c(Cl)c1.N#Cc1ccc(Cl)c(Cl)c1.[Br-].[CH2-]CC(C)C.[Mg+2]. The van der Waals surface area contributed by atoms with Crippen molar-refractivity contribution in [2.75, 3.05) is 0 Å². The molecule has 2 nitrogen and oxygen atoms in total. The van der Waals surface area contributed by atoms with Gasteiger partial charge in [0.05, 0.1) is 31.7 Å². The Bertz CT molecular complexity index is 854. The number of benzene rings is 2. The van der Waals surface area contributed by atoms with Gasteiger partial charge in [-0.15, -0.1) is 0 Å². The van der Waals surface area contributed by atoms with E-state index in [1.807, 2.05) is 6.07 Å². The van der Waals surface area contributed by atoms with Gasteiger partial charge in [0, 0.05) is 12.0 Å². The average Bonchev–Trinajstić information content (AvgIpc) is 2.71. The first kappa shape index (κ1) is 36.6. The quantitative estimate of drug-likeness (QED) is 0.244. The monoisotopic (exact) mass is 589 g/mol. The summed E-state index contributed by atoms with van der Waals surface area (Å²) >= 11 is 22.8. The van der Waals surface area contributed by atoms with E-state index in [0.717, 1.165) is 18.8 Å². The summed E-state index contributed by atoms with van der Waals surface area (Å²) in [6.45, 7) is 12.2. The minimum atomic E-state index is 0. The zero-order valence-corrected chi connectivity index (χ0v) is 24.9. The number of nitrogens with zero attached hydrogens (tertiary/aromatic N) is 1. The van der Waals surface area contributed by atoms with Crippen LogP contribution in [0.1, 0.15) is 62.9 Å². The summed E-state index contributed by atoms with van der Waals surface area (Å²) in [6.07, 6.45) is 2.52. The first-order chi connectivity index (χ1) is 14.0. The van der Waals surface area contributed by atoms with Crippen LogP contribution in [0.2, 0.25) is 20.1 Å². The number of carbonyl (C=O) groups is 1. The maximum atomic E-state index is 11.7. The topological polar surface area (TPSA) is 40.9 Å². The summed E-state index contributed by atoms with van der Waals surface area (Å²) in [7, 11) is 0. The molecule has 0 atom stereocenters. The van der Waals surface area contributed by atoms with Crippen LogP contribution in [0, 0.1) is 30.1 Å². The Morgan fingerprint density at radius 2 is 1.38 bits per heavy atom. The van der Waals surface area contributed by atoms with E-state index in [1.54, 1.807) is 30.3 Å². The van der Waals surface area contributed by atoms with Crippen molar-refractivity contribution in [3.05, 3.63) is 74.5 Å². The van der Waals surface area contributed by atoms with Crippen molar-refractivity contribution in [3.8, 4) is 6.07 Å². The van der Waals surface area contributed by atoms with Crippen LogP contribution in [0.5, 0.6) is 0 Å². The van der Waals surface area contributed by atoms with Crippen molar-refractivity contribution in [2.24, 2.45) is 11.8 Å². The normalized spacial score (nSPS) is 9.31. The van der Waals surface area contributed by atoms with Crippen LogP contribution in [0.3, 0.4) is 0 Å². The van der Waals surface area contributed by atoms with E-state index in [-0.39, 0.29) is 45.8 Å². The molecule has 0 aliphatic heterocycles. The molecule has 8 heteroatoms. The van der Waals surface area contributed by atoms with E-state index in [4.69, 9.17) is 51.7 Å². The van der Waals surface area contributed by atoms with Gasteiger partial charge in [0.25, 0.3) is 0 Å². The van der Waals surface area contributed by atoms with Gasteiger partial charge < -0.3 is 23.9 Å². The Kier molecular flexibility index (Phi) is 23.3. The molecule has 0 aromatic heterocycles. The molecule has 0 amide bonds. The van der Waals surface area contributed by atoms with Crippen LogP contribution >= 0.6 is 46.4 Å². The number of ketones is 1. The summed E-state index contributed by atoms with van der Waals surface area (Å²) < 4.78 is 0. The van der Waals surface area contributed by atoms with Gasteiger partial charge in [-0.05, 0) is 48.7 Å². The molecule has 0 spiro atoms. The van der Waals surface area contributed by atoms with Crippen molar-refractivity contribution in [1.29, 1.82) is 5.26 Å². The number of hydrogen-bond acceptors (Lipinski definition) is 2. The molecule has 0 bridgehead atoms. The third-order valence-corrected chi connectivity index (χ3v) is 5.29. The van der Waals surface area contributed by atoms with Gasteiger partial charge in [0.15, 0.2) is 5.78 Å². The van der Waals surface area contributed by atoms with Crippen molar-refractivity contribution in [1.82, 2.24) is 0 Å². The molecule has 0 radical (unpaired) electrons. The number of hydrogen-bond donors (Lipinski definition) is 0. The molecule has 0 saturated carbocycles. The van der Waals surface area contributed by atoms with Crippen LogP contribution in [0.4, 0.5) is 0 Å². The van der Waals surface area contributed by atoms with Gasteiger partial charge in [-0.1, -0.05) is 80.0 Å². The molecule has 0 aliphatic carbocycles. The molecular weight excluding hydrogens is 564 g/mol. The van der Waals surface area contributed by atoms with Crippen molar-refractivity contribution >= 4 is 75.2 Å². The third kappa shape index (κ3) is 16.6. The molecule has 0 fully saturated rings. The third-order valence-electron chi connectivity index (χ3n) is 3.82. The maximum Gasteiger partial charge on any atom is 2.00 e. The summed E-state index contributed by atoms with van der Waals surface area (Å²) in [4.78, 5) is 11.7. The van der Waals surface area contributed by atoms with Crippen molar-refractivity contribution in [3.63, 3.8) is 0 Å². The van der Waals surface area contributed by atoms with Gasteiger partial charge in [0.1, 0.15) is 0 Å². The van der Waals surface area contributed by atoms with Crippen LogP contribution in [-0.2, 0) is 0 Å². The van der Waals surface area contributed by atoms with Crippen molar-refractivity contribution < 1.29 is 21.8 Å². The Morgan fingerprint density at radius 1 is 0.906 bits per heavy atom. The second kappa shape index (κ2) is 20.4. The molecule has 0 saturated heterocycles. The van der Waals surface area contributed by atoms with E-state index in [9.17, 15) is 4.79 Å². The van der Waals surface area contributed by atoms with E-state index in [1.165, 1.54) is 6.07 Å². The minimum absolute atomic E-state index is 0. The average molecular weight is 593 g/mol. The Morgan fingerprint density at radius 3 is 1.75 bits per heavy atom. The Hall–Kier alpha value is 0.00623. The molecule has 2 rings (SSSR count). The minimum Gasteiger partial charge on any atom is -1.00 e. The van der Waals surface area contributed by atoms with E-state index >= 15 is 0 Å². The number of carbonyl (C=O) groups excluding carboxylic acids is 1. The molecule has 2 aromatic rings. The zero-order valence-electron chi connectivity index (χ0n) is 18.9. The zero-order chi connectivity index (χ0) is 23.3. The van der Waals surface area contributed by atoms with E-state index < -0.39 is 0 Å². The molecule has 0 aliphatic rings. The summed E-state index contributed by atoms with van der Waals surface area (Å²) in [5.74, 6) is 1.44. The molecule has 32 heavy (non-hydrogen) atoms. The number of Topliss-reactive ketones (excluding diaryl/α,β-unsaturated/α-hetero) is 1. The fourth-order valence-corrected chi connectivity index (χ4v) is 2.40. The summed E-state index contributed by atoms with van der Waals surface area (Å²) in [6, 6.07) is 11.7. The van der Waals surface area contributed by atoms with E-state index in [2.05, 4.69) is 34.6 Å². The van der Waals surface area contributed by atoms with Gasteiger partial charge in [-0.2, -0.15) is 11.7 Å². The fraction of sp³-hybridized carbons (Fsp3) is 0.375. The number of halogens is 5. The van der Waals surface area contributed by atoms with E-state index in [0.29, 0.717) is 43.6 Å². The van der Waals surface area contributed by atoms with Crippen LogP contribution in [0.15, 0.2) is 36.4 Å². The number of nitriles is 1. The van der Waals surface area contributed by atoms with Gasteiger partial charge in [-0.25, -0.2) is 0 Å². The number of rotatable bonds is 5. The van der Waals surface area contributed by atoms with Gasteiger partial charge in [0.2, 0.25) is 0 Å². The largest absolute Gasteiger partial charge is 2.00 e.